The Bertz CT molecular complexity index is 2110. The molecule has 3 saturated heterocycles. The van der Waals surface area contributed by atoms with Gasteiger partial charge in [-0.3, -0.25) is 29.3 Å². The van der Waals surface area contributed by atoms with Gasteiger partial charge < -0.3 is 39.8 Å². The predicted molar refractivity (Wildman–Crippen MR) is 258 cm³/mol. The lowest BCUT2D eigenvalue weighted by molar-refractivity contribution is -0.468. The number of aliphatic hydroxyl groups is 2. The van der Waals surface area contributed by atoms with Crippen LogP contribution in [0, 0.1) is 51.5 Å². The van der Waals surface area contributed by atoms with Gasteiger partial charge in [0.1, 0.15) is 17.5 Å². The number of esters is 1. The molecular formula is C52H78F3N3O14. The van der Waals surface area contributed by atoms with Crippen LogP contribution < -0.4 is 10.6 Å². The van der Waals surface area contributed by atoms with Crippen molar-refractivity contribution >= 4 is 34.9 Å². The number of anilines is 1. The number of allylic oxidation sites excluding steroid dienone is 1. The summed E-state index contributed by atoms with van der Waals surface area (Å²) < 4.78 is 66.4. The van der Waals surface area contributed by atoms with Gasteiger partial charge in [-0.2, -0.15) is 18.1 Å². The van der Waals surface area contributed by atoms with Gasteiger partial charge >= 0.3 is 12.1 Å². The standard InChI is InChI=1S/C52H78F3N3O14/c1-12-36(48(63)56-27-43(60)57-35-17-18-39(58(65)66)38(26-35)52(53,54)55)40-19-16-29(5)46(69-40)32(8)44(61)31(7)45(62)37(13-2)47-30(6)25-28(4)15-20-42(68-34(10)59)51(72-70-47)24-23-49(11,71-51)41-21-22-50(64,14-3)33(9)67-41/h15,17-18,20,26,28-33,36-37,40-42,44,46-47,61,64H,12-14,16,19,21-25,27H2,1-11H3,(H,56,63)(H,57,60)/b20-15-/t28-,29-,30-,31-,32-,33-,36+,37-,40+,41+,42+,44+,46+,47-,49-,50+,51-/m0/s1. The highest BCUT2D eigenvalue weighted by Gasteiger charge is 2.60. The highest BCUT2D eigenvalue weighted by molar-refractivity contribution is 5.95. The minimum absolute atomic E-state index is 0.0429. The number of ketones is 1. The molecule has 1 aromatic carbocycles. The maximum atomic E-state index is 14.8. The molecule has 1 spiro atoms. The Kier molecular flexibility index (Phi) is 19.7. The fourth-order valence-electron chi connectivity index (χ4n) is 11.4. The summed E-state index contributed by atoms with van der Waals surface area (Å²) >= 11 is 0. The van der Waals surface area contributed by atoms with Gasteiger partial charge in [0.15, 0.2) is 6.10 Å². The number of carbonyl (C=O) groups excluding carboxylic acids is 4. The first-order chi connectivity index (χ1) is 33.6. The summed E-state index contributed by atoms with van der Waals surface area (Å²) in [7, 11) is 0. The van der Waals surface area contributed by atoms with Crippen molar-refractivity contribution < 1.29 is 76.2 Å². The Hall–Kier alpha value is -4.05. The molecule has 4 aliphatic heterocycles. The molecule has 0 unspecified atom stereocenters. The van der Waals surface area contributed by atoms with Crippen molar-refractivity contribution in [3.63, 3.8) is 0 Å². The van der Waals surface area contributed by atoms with E-state index in [1.54, 1.807) is 26.8 Å². The van der Waals surface area contributed by atoms with Gasteiger partial charge in [-0.25, -0.2) is 4.89 Å². The Morgan fingerprint density at radius 2 is 1.62 bits per heavy atom. The lowest BCUT2D eigenvalue weighted by Gasteiger charge is -2.47. The number of nitrogens with one attached hydrogen (secondary N) is 2. The van der Waals surface area contributed by atoms with Crippen molar-refractivity contribution in [1.82, 2.24) is 5.32 Å². The third kappa shape index (κ3) is 13.4. The number of alkyl halides is 3. The first-order valence-electron chi connectivity index (χ1n) is 25.7. The maximum Gasteiger partial charge on any atom is 0.423 e. The summed E-state index contributed by atoms with van der Waals surface area (Å²) in [4.78, 5) is 76.6. The first-order valence-corrected chi connectivity index (χ1v) is 25.7. The molecule has 17 nitrogen and oxygen atoms in total. The molecule has 3 fully saturated rings. The first kappa shape index (κ1) is 58.8. The second kappa shape index (κ2) is 24.1. The van der Waals surface area contributed by atoms with Crippen LogP contribution in [0.1, 0.15) is 146 Å². The lowest BCUT2D eigenvalue weighted by Crippen LogP contribution is -2.56. The number of Topliss-reactive ketones (excluding diaryl/α,β-unsaturated/α-hetero) is 1. The van der Waals surface area contributed by atoms with Crippen molar-refractivity contribution in [2.45, 2.75) is 206 Å². The van der Waals surface area contributed by atoms with Crippen molar-refractivity contribution in [2.75, 3.05) is 11.9 Å². The molecule has 0 aromatic heterocycles. The highest BCUT2D eigenvalue weighted by atomic mass is 19.4. The summed E-state index contributed by atoms with van der Waals surface area (Å²) in [6, 6.07) is 2.07. The number of rotatable bonds is 17. The number of halogens is 3. The number of ether oxygens (including phenoxy) is 4. The average molecular weight is 1030 g/mol. The van der Waals surface area contributed by atoms with Crippen LogP contribution in [0.15, 0.2) is 30.4 Å². The van der Waals surface area contributed by atoms with Crippen molar-refractivity contribution in [2.24, 2.45) is 41.4 Å². The molecule has 5 rings (SSSR count). The third-order valence-electron chi connectivity index (χ3n) is 16.0. The number of aliphatic hydroxyl groups excluding tert-OH is 1. The SMILES string of the molecule is CC[C@@H](C(=O)[C@@H](C)[C@@H](O)[C@H](C)[C@@H]1O[C@@H]([C@@H](CC)C(=O)NCC(=O)Nc2ccc([N+](=O)[O-])c(C(F)(F)F)c2)CC[C@@H]1C)[C@H]1OO[C@@]2(CC[C@@](C)([C@H]3CC[C@](O)(CC)[C@H](C)O3)O2)[C@H](OC(C)=O)/C=C\[C@H](C)C[C@@H]1C. The van der Waals surface area contributed by atoms with Crippen molar-refractivity contribution in [3.8, 4) is 0 Å². The number of benzene rings is 1. The molecule has 17 atom stereocenters. The second-order valence-electron chi connectivity index (χ2n) is 21.3. The number of carbonyl (C=O) groups is 4. The molecule has 4 aliphatic rings. The van der Waals surface area contributed by atoms with Gasteiger partial charge in [-0.1, -0.05) is 61.5 Å². The second-order valence-corrected chi connectivity index (χ2v) is 21.3. The van der Waals surface area contributed by atoms with E-state index in [0.29, 0.717) is 69.9 Å². The van der Waals surface area contributed by atoms with Crippen LogP contribution in [0.3, 0.4) is 0 Å². The number of amides is 2. The third-order valence-corrected chi connectivity index (χ3v) is 16.0. The van der Waals surface area contributed by atoms with E-state index in [2.05, 4.69) is 10.6 Å². The fraction of sp³-hybridized carbons (Fsp3) is 0.769. The summed E-state index contributed by atoms with van der Waals surface area (Å²) in [6.45, 7) is 19.5. The van der Waals surface area contributed by atoms with Crippen LogP contribution in [0.25, 0.3) is 0 Å². The Labute approximate surface area is 421 Å². The Morgan fingerprint density at radius 1 is 0.944 bits per heavy atom. The smallest absolute Gasteiger partial charge is 0.423 e. The highest BCUT2D eigenvalue weighted by Crippen LogP contribution is 2.49. The minimum atomic E-state index is -5.05. The van der Waals surface area contributed by atoms with Crippen LogP contribution in [0.4, 0.5) is 24.5 Å². The van der Waals surface area contributed by atoms with E-state index in [0.717, 1.165) is 6.07 Å². The monoisotopic (exact) mass is 1030 g/mol. The van der Waals surface area contributed by atoms with Gasteiger partial charge in [0.2, 0.25) is 17.6 Å². The van der Waals surface area contributed by atoms with Crippen LogP contribution in [0.5, 0.6) is 0 Å². The fourth-order valence-corrected chi connectivity index (χ4v) is 11.4. The normalized spacial score (nSPS) is 35.0. The minimum Gasteiger partial charge on any atom is -0.452 e. The molecule has 406 valence electrons. The predicted octanol–water partition coefficient (Wildman–Crippen LogP) is 8.56. The quantitative estimate of drug-likeness (QED) is 0.0377. The number of nitrogens with zero attached hydrogens (tertiary/aromatic N) is 1. The molecule has 4 N–H and O–H groups in total. The van der Waals surface area contributed by atoms with Gasteiger partial charge in [0.05, 0.1) is 59.1 Å². The molecule has 4 heterocycles. The maximum absolute atomic E-state index is 14.8. The number of nitro benzene ring substituents is 1. The summed E-state index contributed by atoms with van der Waals surface area (Å²) in [6.07, 6.45) is -1.83. The molecule has 0 aliphatic carbocycles. The van der Waals surface area contributed by atoms with Crippen LogP contribution in [-0.2, 0) is 54.1 Å². The molecule has 0 radical (unpaired) electrons. The van der Waals surface area contributed by atoms with Gasteiger partial charge in [0.25, 0.3) is 5.69 Å². The van der Waals surface area contributed by atoms with E-state index in [-0.39, 0.29) is 35.6 Å². The summed E-state index contributed by atoms with van der Waals surface area (Å²) in [5.41, 5.74) is -4.93. The van der Waals surface area contributed by atoms with Crippen LogP contribution in [-0.4, -0.2) is 105 Å². The van der Waals surface area contributed by atoms with E-state index < -0.39 is 130 Å². The van der Waals surface area contributed by atoms with E-state index in [4.69, 9.17) is 28.7 Å². The molecule has 0 bridgehead atoms. The molecule has 2 amide bonds. The zero-order valence-electron chi connectivity index (χ0n) is 43.6. The Morgan fingerprint density at radius 3 is 2.22 bits per heavy atom. The van der Waals surface area contributed by atoms with Gasteiger partial charge in [-0.15, -0.1) is 0 Å². The molecular weight excluding hydrogens is 948 g/mol. The van der Waals surface area contributed by atoms with Gasteiger partial charge in [-0.05, 0) is 108 Å². The van der Waals surface area contributed by atoms with E-state index in [1.807, 2.05) is 54.5 Å². The number of hydrogen-bond donors (Lipinski definition) is 4. The zero-order chi connectivity index (χ0) is 53.7. The lowest BCUT2D eigenvalue weighted by atomic mass is 9.74. The molecule has 72 heavy (non-hydrogen) atoms. The largest absolute Gasteiger partial charge is 0.452 e. The summed E-state index contributed by atoms with van der Waals surface area (Å²) in [5.74, 6) is -7.16. The molecule has 1 aromatic rings. The Balaban J connectivity index is 1.28. The van der Waals surface area contributed by atoms with Crippen LogP contribution >= 0.6 is 0 Å². The van der Waals surface area contributed by atoms with E-state index in [9.17, 15) is 52.7 Å². The topological polar surface area (TPSA) is 231 Å². The van der Waals surface area contributed by atoms with E-state index >= 15 is 0 Å². The average Bonchev–Trinajstić information content (AvgIpc) is 3.68. The number of nitro groups is 1. The van der Waals surface area contributed by atoms with E-state index in [1.165, 1.54) is 6.92 Å². The zero-order valence-corrected chi connectivity index (χ0v) is 43.6. The van der Waals surface area contributed by atoms with Crippen molar-refractivity contribution in [3.05, 3.63) is 46.0 Å². The number of hydrogen-bond acceptors (Lipinski definition) is 14. The van der Waals surface area contributed by atoms with Crippen molar-refractivity contribution in [1.29, 1.82) is 0 Å². The molecule has 0 saturated carbocycles. The van der Waals surface area contributed by atoms with Crippen LogP contribution in [0.2, 0.25) is 0 Å². The molecule has 20 heteroatoms. The summed E-state index contributed by atoms with van der Waals surface area (Å²) in [5, 5.41) is 39.1. The van der Waals surface area contributed by atoms with Gasteiger partial charge in [0, 0.05) is 42.9 Å².